The first kappa shape index (κ1) is 19.6. The first-order valence-corrected chi connectivity index (χ1v) is 10.8. The van der Waals surface area contributed by atoms with Gasteiger partial charge >= 0.3 is 0 Å². The van der Waals surface area contributed by atoms with Gasteiger partial charge in [-0.15, -0.1) is 0 Å². The van der Waals surface area contributed by atoms with Crippen LogP contribution in [0, 0.1) is 0 Å². The van der Waals surface area contributed by atoms with Crippen molar-refractivity contribution in [1.29, 1.82) is 0 Å². The molecule has 1 aliphatic carbocycles. The summed E-state index contributed by atoms with van der Waals surface area (Å²) in [6.07, 6.45) is 10.00. The van der Waals surface area contributed by atoms with Gasteiger partial charge in [-0.2, -0.15) is 0 Å². The Morgan fingerprint density at radius 2 is 2.07 bits per heavy atom. The van der Waals surface area contributed by atoms with Crippen LogP contribution in [0.2, 0.25) is 0 Å². The maximum absolute atomic E-state index is 12.9. The molecule has 2 aliphatic rings. The van der Waals surface area contributed by atoms with Crippen molar-refractivity contribution in [3.05, 3.63) is 71.4 Å². The third-order valence-electron chi connectivity index (χ3n) is 5.82. The van der Waals surface area contributed by atoms with Crippen LogP contribution in [-0.4, -0.2) is 37.1 Å². The van der Waals surface area contributed by atoms with Crippen molar-refractivity contribution >= 4 is 11.7 Å². The molecule has 2 N–H and O–H groups in total. The highest BCUT2D eigenvalue weighted by molar-refractivity contribution is 5.98. The van der Waals surface area contributed by atoms with Gasteiger partial charge < -0.3 is 15.5 Å². The summed E-state index contributed by atoms with van der Waals surface area (Å²) in [5, 5.41) is 6.68. The SMILES string of the molecule is O=C(NCCC1=CCCCC1)c1cccnc1N1CCNC(c2ccccc2)C1. The number of anilines is 1. The van der Waals surface area contributed by atoms with E-state index in [9.17, 15) is 4.79 Å². The molecule has 1 aromatic carbocycles. The van der Waals surface area contributed by atoms with Gasteiger partial charge in [-0.05, 0) is 49.8 Å². The largest absolute Gasteiger partial charge is 0.353 e. The lowest BCUT2D eigenvalue weighted by Gasteiger charge is -2.35. The zero-order chi connectivity index (χ0) is 19.9. The minimum Gasteiger partial charge on any atom is -0.353 e. The predicted molar refractivity (Wildman–Crippen MR) is 117 cm³/mol. The summed E-state index contributed by atoms with van der Waals surface area (Å²) in [7, 11) is 0. The highest BCUT2D eigenvalue weighted by Gasteiger charge is 2.25. The molecule has 1 aromatic heterocycles. The Balaban J connectivity index is 1.42. The van der Waals surface area contributed by atoms with Crippen LogP contribution in [0.25, 0.3) is 0 Å². The number of nitrogens with zero attached hydrogens (tertiary/aromatic N) is 2. The zero-order valence-electron chi connectivity index (χ0n) is 16.9. The molecule has 2 heterocycles. The van der Waals surface area contributed by atoms with Crippen LogP contribution in [0.1, 0.15) is 54.1 Å². The molecule has 0 radical (unpaired) electrons. The van der Waals surface area contributed by atoms with Crippen LogP contribution < -0.4 is 15.5 Å². The van der Waals surface area contributed by atoms with E-state index in [2.05, 4.69) is 50.9 Å². The summed E-state index contributed by atoms with van der Waals surface area (Å²) in [5.74, 6) is 0.753. The van der Waals surface area contributed by atoms with Crippen molar-refractivity contribution in [1.82, 2.24) is 15.6 Å². The smallest absolute Gasteiger partial charge is 0.255 e. The van der Waals surface area contributed by atoms with Crippen molar-refractivity contribution in [2.24, 2.45) is 0 Å². The van der Waals surface area contributed by atoms with Crippen molar-refractivity contribution in [2.45, 2.75) is 38.1 Å². The molecule has 1 fully saturated rings. The number of piperazine rings is 1. The number of aromatic nitrogens is 1. The number of nitrogens with one attached hydrogen (secondary N) is 2. The third kappa shape index (κ3) is 5.04. The Morgan fingerprint density at radius 3 is 2.90 bits per heavy atom. The average molecular weight is 391 g/mol. The van der Waals surface area contributed by atoms with Crippen LogP contribution in [-0.2, 0) is 0 Å². The Morgan fingerprint density at radius 1 is 1.17 bits per heavy atom. The van der Waals surface area contributed by atoms with E-state index in [4.69, 9.17) is 0 Å². The second-order valence-corrected chi connectivity index (χ2v) is 7.85. The quantitative estimate of drug-likeness (QED) is 0.736. The third-order valence-corrected chi connectivity index (χ3v) is 5.82. The summed E-state index contributed by atoms with van der Waals surface area (Å²) >= 11 is 0. The number of allylic oxidation sites excluding steroid dienone is 1. The Labute approximate surface area is 173 Å². The average Bonchev–Trinajstić information content (AvgIpc) is 2.80. The number of carbonyl (C=O) groups is 1. The van der Waals surface area contributed by atoms with Crippen molar-refractivity contribution in [3.8, 4) is 0 Å². The van der Waals surface area contributed by atoms with Gasteiger partial charge in [-0.1, -0.05) is 42.0 Å². The van der Waals surface area contributed by atoms with E-state index in [-0.39, 0.29) is 11.9 Å². The van der Waals surface area contributed by atoms with Crippen molar-refractivity contribution in [3.63, 3.8) is 0 Å². The number of pyridine rings is 1. The number of rotatable bonds is 6. The van der Waals surface area contributed by atoms with Crippen LogP contribution in [0.3, 0.4) is 0 Å². The van der Waals surface area contributed by atoms with Gasteiger partial charge in [0.25, 0.3) is 5.91 Å². The van der Waals surface area contributed by atoms with E-state index in [0.29, 0.717) is 12.1 Å². The van der Waals surface area contributed by atoms with Gasteiger partial charge in [0.2, 0.25) is 0 Å². The fraction of sp³-hybridized carbons (Fsp3) is 0.417. The van der Waals surface area contributed by atoms with Crippen LogP contribution in [0.5, 0.6) is 0 Å². The van der Waals surface area contributed by atoms with E-state index in [0.717, 1.165) is 31.9 Å². The predicted octanol–water partition coefficient (Wildman–Crippen LogP) is 3.85. The highest BCUT2D eigenvalue weighted by atomic mass is 16.1. The van der Waals surface area contributed by atoms with E-state index >= 15 is 0 Å². The van der Waals surface area contributed by atoms with Crippen LogP contribution in [0.4, 0.5) is 5.82 Å². The summed E-state index contributed by atoms with van der Waals surface area (Å²) < 4.78 is 0. The summed E-state index contributed by atoms with van der Waals surface area (Å²) in [6, 6.07) is 14.4. The second-order valence-electron chi connectivity index (χ2n) is 7.85. The lowest BCUT2D eigenvalue weighted by Crippen LogP contribution is -2.46. The maximum Gasteiger partial charge on any atom is 0.255 e. The molecule has 0 saturated carbocycles. The first-order valence-electron chi connectivity index (χ1n) is 10.8. The van der Waals surface area contributed by atoms with Gasteiger partial charge in [0.05, 0.1) is 5.56 Å². The standard InChI is InChI=1S/C24H30N4O/c29-24(27-15-13-19-8-3-1-4-9-19)21-12-7-14-26-23(21)28-17-16-25-22(18-28)20-10-5-2-6-11-20/h2,5-8,10-12,14,22,25H,1,3-4,9,13,15-18H2,(H,27,29). The Kier molecular flexibility index (Phi) is 6.57. The minimum absolute atomic E-state index is 0.0284. The minimum atomic E-state index is -0.0284. The summed E-state index contributed by atoms with van der Waals surface area (Å²) in [4.78, 5) is 19.7. The molecular weight excluding hydrogens is 360 g/mol. The second kappa shape index (κ2) is 9.70. The molecule has 4 rings (SSSR count). The normalized spacial score (nSPS) is 19.5. The van der Waals surface area contributed by atoms with Crippen LogP contribution in [0.15, 0.2) is 60.3 Å². The number of benzene rings is 1. The number of hydrogen-bond acceptors (Lipinski definition) is 4. The van der Waals surface area contributed by atoms with Gasteiger partial charge in [0, 0.05) is 38.4 Å². The van der Waals surface area contributed by atoms with Gasteiger partial charge in [0.1, 0.15) is 5.82 Å². The molecule has 1 amide bonds. The lowest BCUT2D eigenvalue weighted by molar-refractivity contribution is 0.0954. The molecule has 1 atom stereocenters. The number of hydrogen-bond donors (Lipinski definition) is 2. The van der Waals surface area contributed by atoms with Gasteiger partial charge in [0.15, 0.2) is 0 Å². The zero-order valence-corrected chi connectivity index (χ0v) is 16.9. The van der Waals surface area contributed by atoms with E-state index in [1.54, 1.807) is 6.20 Å². The van der Waals surface area contributed by atoms with Gasteiger partial charge in [-0.3, -0.25) is 4.79 Å². The Bertz CT molecular complexity index is 849. The molecule has 152 valence electrons. The molecular formula is C24H30N4O. The number of amides is 1. The molecule has 29 heavy (non-hydrogen) atoms. The fourth-order valence-corrected chi connectivity index (χ4v) is 4.24. The lowest BCUT2D eigenvalue weighted by atomic mass is 9.97. The molecule has 5 heteroatoms. The van der Waals surface area contributed by atoms with Crippen LogP contribution >= 0.6 is 0 Å². The van der Waals surface area contributed by atoms with Crippen molar-refractivity contribution < 1.29 is 4.79 Å². The Hall–Kier alpha value is -2.66. The summed E-state index contributed by atoms with van der Waals surface area (Å²) in [6.45, 7) is 3.19. The van der Waals surface area contributed by atoms with E-state index < -0.39 is 0 Å². The molecule has 2 aromatic rings. The van der Waals surface area contributed by atoms with E-state index in [1.807, 2.05) is 18.2 Å². The molecule has 0 spiro atoms. The van der Waals surface area contributed by atoms with Crippen molar-refractivity contribution in [2.75, 3.05) is 31.1 Å². The topological polar surface area (TPSA) is 57.3 Å². The fourth-order valence-electron chi connectivity index (χ4n) is 4.24. The maximum atomic E-state index is 12.9. The molecule has 5 nitrogen and oxygen atoms in total. The molecule has 1 saturated heterocycles. The van der Waals surface area contributed by atoms with E-state index in [1.165, 1.54) is 36.8 Å². The molecule has 0 bridgehead atoms. The number of carbonyl (C=O) groups excluding carboxylic acids is 1. The van der Waals surface area contributed by atoms with Gasteiger partial charge in [-0.25, -0.2) is 4.98 Å². The first-order chi connectivity index (χ1) is 14.3. The molecule has 1 unspecified atom stereocenters. The molecule has 1 aliphatic heterocycles. The summed E-state index contributed by atoms with van der Waals surface area (Å²) in [5.41, 5.74) is 3.41. The monoisotopic (exact) mass is 390 g/mol. The highest BCUT2D eigenvalue weighted by Crippen LogP contribution is 2.24.